The van der Waals surface area contributed by atoms with Crippen LogP contribution in [0.3, 0.4) is 0 Å². The molecule has 0 bridgehead atoms. The zero-order valence-corrected chi connectivity index (χ0v) is 7.14. The molecule has 1 nitrogen and oxygen atoms in total. The normalized spacial score (nSPS) is 9.50. The quantitative estimate of drug-likeness (QED) is 0.705. The smallest absolute Gasteiger partial charge is 0.126 e. The van der Waals surface area contributed by atoms with Crippen molar-refractivity contribution >= 4 is 11.6 Å². The second-order valence-corrected chi connectivity index (χ2v) is 2.80. The molecule has 1 rings (SSSR count). The number of benzene rings is 1. The molecule has 0 heterocycles. The van der Waals surface area contributed by atoms with Crippen molar-refractivity contribution in [2.75, 3.05) is 6.61 Å². The highest BCUT2D eigenvalue weighted by Gasteiger charge is 1.95. The maximum atomic E-state index is 12.6. The molecule has 3 heteroatoms. The molecule has 0 saturated heterocycles. The molecule has 0 atom stereocenters. The van der Waals surface area contributed by atoms with Gasteiger partial charge in [0.1, 0.15) is 18.2 Å². The highest BCUT2D eigenvalue weighted by Crippen LogP contribution is 2.13. The summed E-state index contributed by atoms with van der Waals surface area (Å²) in [5.74, 6) is 0.129. The van der Waals surface area contributed by atoms with Gasteiger partial charge in [-0.1, -0.05) is 24.2 Å². The molecule has 0 fully saturated rings. The summed E-state index contributed by atoms with van der Waals surface area (Å²) in [6.07, 6.45) is 0. The number of hydrogen-bond acceptors (Lipinski definition) is 1. The molecule has 0 aromatic heterocycles. The van der Waals surface area contributed by atoms with Gasteiger partial charge in [-0.3, -0.25) is 0 Å². The third-order valence-corrected chi connectivity index (χ3v) is 1.30. The maximum Gasteiger partial charge on any atom is 0.126 e. The van der Waals surface area contributed by atoms with Crippen LogP contribution in [-0.2, 0) is 0 Å². The van der Waals surface area contributed by atoms with Crippen LogP contribution in [0.5, 0.6) is 5.75 Å². The Kier molecular flexibility index (Phi) is 3.11. The SMILES string of the molecule is C=C(Cl)COc1cccc(F)c1. The second-order valence-electron chi connectivity index (χ2n) is 2.26. The average Bonchev–Trinajstić information content (AvgIpc) is 2.01. The Labute approximate surface area is 75.4 Å². The summed E-state index contributed by atoms with van der Waals surface area (Å²) in [7, 11) is 0. The molecule has 0 aliphatic heterocycles. The molecule has 0 aliphatic rings. The van der Waals surface area contributed by atoms with E-state index in [1.807, 2.05) is 0 Å². The summed E-state index contributed by atoms with van der Waals surface area (Å²) in [5, 5.41) is 0.388. The molecule has 0 spiro atoms. The lowest BCUT2D eigenvalue weighted by atomic mass is 10.3. The highest BCUT2D eigenvalue weighted by molar-refractivity contribution is 6.29. The molecular formula is C9H8ClFO. The highest BCUT2D eigenvalue weighted by atomic mass is 35.5. The van der Waals surface area contributed by atoms with E-state index in [2.05, 4.69) is 6.58 Å². The average molecular weight is 187 g/mol. The van der Waals surface area contributed by atoms with Gasteiger partial charge in [0.05, 0.1) is 0 Å². The Hall–Kier alpha value is -1.02. The third kappa shape index (κ3) is 2.93. The fourth-order valence-electron chi connectivity index (χ4n) is 0.718. The Morgan fingerprint density at radius 3 is 2.92 bits per heavy atom. The standard InChI is InChI=1S/C9H8ClFO/c1-7(10)6-12-9-4-2-3-8(11)5-9/h2-5H,1,6H2. The van der Waals surface area contributed by atoms with Gasteiger partial charge in [0.15, 0.2) is 0 Å². The van der Waals surface area contributed by atoms with Crippen molar-refractivity contribution in [3.8, 4) is 5.75 Å². The lowest BCUT2D eigenvalue weighted by molar-refractivity contribution is 0.357. The maximum absolute atomic E-state index is 12.6. The van der Waals surface area contributed by atoms with Gasteiger partial charge in [-0.2, -0.15) is 0 Å². The van der Waals surface area contributed by atoms with Crippen LogP contribution in [0.15, 0.2) is 35.9 Å². The molecule has 1 aromatic carbocycles. The van der Waals surface area contributed by atoms with Crippen molar-refractivity contribution in [1.29, 1.82) is 0 Å². The van der Waals surface area contributed by atoms with Crippen molar-refractivity contribution < 1.29 is 9.13 Å². The minimum atomic E-state index is -0.326. The predicted octanol–water partition coefficient (Wildman–Crippen LogP) is 2.96. The van der Waals surface area contributed by atoms with Crippen molar-refractivity contribution in [3.05, 3.63) is 41.7 Å². The fraction of sp³-hybridized carbons (Fsp3) is 0.111. The van der Waals surface area contributed by atoms with Gasteiger partial charge in [-0.15, -0.1) is 0 Å². The number of rotatable bonds is 3. The van der Waals surface area contributed by atoms with Crippen LogP contribution >= 0.6 is 11.6 Å². The van der Waals surface area contributed by atoms with Gasteiger partial charge in [0.2, 0.25) is 0 Å². The molecular weight excluding hydrogens is 179 g/mol. The molecule has 0 N–H and O–H groups in total. The molecule has 1 aromatic rings. The molecule has 64 valence electrons. The Morgan fingerprint density at radius 1 is 1.58 bits per heavy atom. The Bertz CT molecular complexity index is 286. The molecule has 12 heavy (non-hydrogen) atoms. The topological polar surface area (TPSA) is 9.23 Å². The van der Waals surface area contributed by atoms with Gasteiger partial charge in [-0.05, 0) is 12.1 Å². The van der Waals surface area contributed by atoms with E-state index in [9.17, 15) is 4.39 Å². The lowest BCUT2D eigenvalue weighted by Gasteiger charge is -2.03. The van der Waals surface area contributed by atoms with Crippen LogP contribution < -0.4 is 4.74 Å². The van der Waals surface area contributed by atoms with E-state index in [0.717, 1.165) is 0 Å². The summed E-state index contributed by atoms with van der Waals surface area (Å²) in [5.41, 5.74) is 0. The minimum Gasteiger partial charge on any atom is -0.488 e. The first-order chi connectivity index (χ1) is 5.68. The number of hydrogen-bond donors (Lipinski definition) is 0. The van der Waals surface area contributed by atoms with Gasteiger partial charge in [0, 0.05) is 11.1 Å². The van der Waals surface area contributed by atoms with E-state index in [-0.39, 0.29) is 12.4 Å². The third-order valence-electron chi connectivity index (χ3n) is 1.19. The van der Waals surface area contributed by atoms with E-state index in [1.165, 1.54) is 12.1 Å². The van der Waals surface area contributed by atoms with Crippen LogP contribution in [0.1, 0.15) is 0 Å². The summed E-state index contributed by atoms with van der Waals surface area (Å²) >= 11 is 5.45. The minimum absolute atomic E-state index is 0.199. The Morgan fingerprint density at radius 2 is 2.33 bits per heavy atom. The van der Waals surface area contributed by atoms with E-state index in [4.69, 9.17) is 16.3 Å². The van der Waals surface area contributed by atoms with Crippen LogP contribution in [-0.4, -0.2) is 6.61 Å². The van der Waals surface area contributed by atoms with Crippen molar-refractivity contribution in [2.45, 2.75) is 0 Å². The van der Waals surface area contributed by atoms with E-state index in [0.29, 0.717) is 10.8 Å². The molecule has 0 amide bonds. The van der Waals surface area contributed by atoms with Crippen LogP contribution in [0.2, 0.25) is 0 Å². The zero-order chi connectivity index (χ0) is 8.97. The molecule has 0 aliphatic carbocycles. The van der Waals surface area contributed by atoms with Gasteiger partial charge < -0.3 is 4.74 Å². The van der Waals surface area contributed by atoms with E-state index in [1.54, 1.807) is 12.1 Å². The first kappa shape index (κ1) is 9.07. The fourth-order valence-corrected chi connectivity index (χ4v) is 0.773. The lowest BCUT2D eigenvalue weighted by Crippen LogP contribution is -1.96. The second kappa shape index (κ2) is 4.12. The zero-order valence-electron chi connectivity index (χ0n) is 6.39. The summed E-state index contributed by atoms with van der Waals surface area (Å²) in [4.78, 5) is 0. The van der Waals surface area contributed by atoms with E-state index >= 15 is 0 Å². The first-order valence-electron chi connectivity index (χ1n) is 3.40. The van der Waals surface area contributed by atoms with Gasteiger partial charge >= 0.3 is 0 Å². The summed E-state index contributed by atoms with van der Waals surface area (Å²) < 4.78 is 17.6. The largest absolute Gasteiger partial charge is 0.488 e. The van der Waals surface area contributed by atoms with Crippen LogP contribution in [0, 0.1) is 5.82 Å². The van der Waals surface area contributed by atoms with Gasteiger partial charge in [-0.25, -0.2) is 4.39 Å². The van der Waals surface area contributed by atoms with Crippen LogP contribution in [0.25, 0.3) is 0 Å². The number of ether oxygens (including phenoxy) is 1. The van der Waals surface area contributed by atoms with Crippen molar-refractivity contribution in [1.82, 2.24) is 0 Å². The first-order valence-corrected chi connectivity index (χ1v) is 3.78. The van der Waals surface area contributed by atoms with E-state index < -0.39 is 0 Å². The monoisotopic (exact) mass is 186 g/mol. The van der Waals surface area contributed by atoms with Gasteiger partial charge in [0.25, 0.3) is 0 Å². The summed E-state index contributed by atoms with van der Waals surface area (Å²) in [6.45, 7) is 3.64. The van der Waals surface area contributed by atoms with Crippen LogP contribution in [0.4, 0.5) is 4.39 Å². The Balaban J connectivity index is 2.57. The number of halogens is 2. The van der Waals surface area contributed by atoms with Crippen molar-refractivity contribution in [2.24, 2.45) is 0 Å². The summed E-state index contributed by atoms with van der Waals surface area (Å²) in [6, 6.07) is 5.87. The van der Waals surface area contributed by atoms with Crippen molar-refractivity contribution in [3.63, 3.8) is 0 Å². The molecule has 0 saturated carbocycles. The molecule has 0 radical (unpaired) electrons. The predicted molar refractivity (Wildman–Crippen MR) is 46.9 cm³/mol. The molecule has 0 unspecified atom stereocenters.